The van der Waals surface area contributed by atoms with Crippen molar-refractivity contribution >= 4 is 27.3 Å². The summed E-state index contributed by atoms with van der Waals surface area (Å²) in [6.07, 6.45) is 2.93. The zero-order valence-corrected chi connectivity index (χ0v) is 15.5. The fourth-order valence-electron chi connectivity index (χ4n) is 3.47. The van der Waals surface area contributed by atoms with Crippen molar-refractivity contribution in [3.8, 4) is 22.8 Å². The lowest BCUT2D eigenvalue weighted by molar-refractivity contribution is 0.373. The highest BCUT2D eigenvalue weighted by molar-refractivity contribution is 7.13. The SMILES string of the molecule is COc1cc(-c2nc3c(C4CC4)c4s[nH]c(=O)c4c(=O)n3cc2F)ccc1O. The lowest BCUT2D eigenvalue weighted by atomic mass is 10.1. The van der Waals surface area contributed by atoms with Crippen molar-refractivity contribution in [2.24, 2.45) is 0 Å². The molecule has 2 N–H and O–H groups in total. The number of fused-ring (bicyclic) bond motifs is 2. The first-order valence-corrected chi connectivity index (χ1v) is 9.44. The van der Waals surface area contributed by atoms with Gasteiger partial charge in [0.25, 0.3) is 11.1 Å². The van der Waals surface area contributed by atoms with Crippen molar-refractivity contribution in [2.75, 3.05) is 7.11 Å². The average molecular weight is 399 g/mol. The van der Waals surface area contributed by atoms with Crippen molar-refractivity contribution in [3.05, 3.63) is 56.5 Å². The molecule has 142 valence electrons. The van der Waals surface area contributed by atoms with Gasteiger partial charge in [-0.1, -0.05) is 11.5 Å². The smallest absolute Gasteiger partial charge is 0.271 e. The molecule has 1 saturated carbocycles. The molecule has 28 heavy (non-hydrogen) atoms. The molecular formula is C19H14FN3O4S. The molecule has 0 amide bonds. The molecule has 0 unspecified atom stereocenters. The maximum atomic E-state index is 14.9. The second-order valence-corrected chi connectivity index (χ2v) is 7.56. The van der Waals surface area contributed by atoms with Crippen molar-refractivity contribution in [3.63, 3.8) is 0 Å². The third-order valence-corrected chi connectivity index (χ3v) is 5.89. The van der Waals surface area contributed by atoms with Gasteiger partial charge in [0.2, 0.25) is 0 Å². The minimum Gasteiger partial charge on any atom is -0.504 e. The van der Waals surface area contributed by atoms with Crippen LogP contribution in [0.3, 0.4) is 0 Å². The molecule has 0 spiro atoms. The Labute approximate surface area is 160 Å². The molecule has 3 heterocycles. The van der Waals surface area contributed by atoms with Crippen LogP contribution in [-0.2, 0) is 0 Å². The summed E-state index contributed by atoms with van der Waals surface area (Å²) in [5.41, 5.74) is 0.545. The second kappa shape index (κ2) is 5.90. The van der Waals surface area contributed by atoms with Crippen molar-refractivity contribution in [1.82, 2.24) is 13.8 Å². The number of phenols is 1. The van der Waals surface area contributed by atoms with Crippen LogP contribution in [0.4, 0.5) is 4.39 Å². The Morgan fingerprint density at radius 3 is 2.86 bits per heavy atom. The van der Waals surface area contributed by atoms with E-state index < -0.39 is 16.9 Å². The number of nitrogens with zero attached hydrogens (tertiary/aromatic N) is 2. The number of hydrogen-bond acceptors (Lipinski definition) is 6. The molecule has 4 aromatic rings. The van der Waals surface area contributed by atoms with Gasteiger partial charge in [0, 0.05) is 11.1 Å². The van der Waals surface area contributed by atoms with Crippen LogP contribution < -0.4 is 15.9 Å². The van der Waals surface area contributed by atoms with Crippen LogP contribution in [0.15, 0.2) is 34.0 Å². The Bertz CT molecular complexity index is 1380. The van der Waals surface area contributed by atoms with E-state index in [1.807, 2.05) is 0 Å². The molecule has 0 atom stereocenters. The number of aromatic amines is 1. The van der Waals surface area contributed by atoms with E-state index in [9.17, 15) is 19.1 Å². The number of aromatic hydroxyl groups is 1. The standard InChI is InChI=1S/C19H14FN3O4S/c1-27-12-6-9(4-5-11(12)24)15-10(20)7-23-17(21-15)13(8-2-3-8)16-14(19(23)26)18(25)22-28-16/h4-8,24H,2-3H2,1H3,(H,22,25). The van der Waals surface area contributed by atoms with E-state index in [0.717, 1.165) is 40.5 Å². The molecule has 0 aliphatic heterocycles. The van der Waals surface area contributed by atoms with Gasteiger partial charge >= 0.3 is 0 Å². The number of H-pyrrole nitrogens is 1. The van der Waals surface area contributed by atoms with Gasteiger partial charge in [-0.05, 0) is 37.0 Å². The van der Waals surface area contributed by atoms with Crippen LogP contribution >= 0.6 is 11.5 Å². The number of aromatic nitrogens is 3. The Kier molecular flexibility index (Phi) is 3.57. The van der Waals surface area contributed by atoms with Crippen LogP contribution in [-0.4, -0.2) is 26.0 Å². The summed E-state index contributed by atoms with van der Waals surface area (Å²) in [4.78, 5) is 29.4. The lowest BCUT2D eigenvalue weighted by Crippen LogP contribution is -2.21. The number of benzene rings is 1. The molecule has 0 radical (unpaired) electrons. The maximum absolute atomic E-state index is 14.9. The number of phenolic OH excluding ortho intramolecular Hbond substituents is 1. The molecule has 7 nitrogen and oxygen atoms in total. The molecule has 0 bridgehead atoms. The predicted octanol–water partition coefficient (Wildman–Crippen LogP) is 3.00. The minimum atomic E-state index is -0.713. The van der Waals surface area contributed by atoms with Crippen LogP contribution in [0.25, 0.3) is 27.0 Å². The summed E-state index contributed by atoms with van der Waals surface area (Å²) >= 11 is 1.11. The van der Waals surface area contributed by atoms with Gasteiger partial charge < -0.3 is 9.84 Å². The number of methoxy groups -OCH3 is 1. The van der Waals surface area contributed by atoms with Crippen LogP contribution in [0.1, 0.15) is 24.3 Å². The molecule has 5 rings (SSSR count). The maximum Gasteiger partial charge on any atom is 0.271 e. The van der Waals surface area contributed by atoms with Gasteiger partial charge in [0.1, 0.15) is 16.7 Å². The number of nitrogens with one attached hydrogen (secondary N) is 1. The third kappa shape index (κ3) is 2.36. The predicted molar refractivity (Wildman–Crippen MR) is 103 cm³/mol. The number of ether oxygens (including phenoxy) is 1. The highest BCUT2D eigenvalue weighted by Gasteiger charge is 2.31. The number of rotatable bonds is 3. The number of pyridine rings is 1. The topological polar surface area (TPSA) is 96.7 Å². The average Bonchev–Trinajstić information content (AvgIpc) is 3.45. The minimum absolute atomic E-state index is 0.0434. The fourth-order valence-corrected chi connectivity index (χ4v) is 4.42. The van der Waals surface area contributed by atoms with E-state index in [1.54, 1.807) is 0 Å². The largest absolute Gasteiger partial charge is 0.504 e. The van der Waals surface area contributed by atoms with Crippen LogP contribution in [0.2, 0.25) is 0 Å². The molecule has 1 aliphatic rings. The summed E-state index contributed by atoms with van der Waals surface area (Å²) in [6.45, 7) is 0. The summed E-state index contributed by atoms with van der Waals surface area (Å²) in [5, 5.41) is 9.83. The first-order valence-electron chi connectivity index (χ1n) is 8.63. The first-order chi connectivity index (χ1) is 13.5. The molecule has 1 fully saturated rings. The van der Waals surface area contributed by atoms with E-state index in [4.69, 9.17) is 4.74 Å². The normalized spacial score (nSPS) is 14.1. The van der Waals surface area contributed by atoms with E-state index in [-0.39, 0.29) is 28.5 Å². The summed E-state index contributed by atoms with van der Waals surface area (Å²) < 4.78 is 24.3. The van der Waals surface area contributed by atoms with E-state index in [2.05, 4.69) is 9.36 Å². The molecule has 1 aliphatic carbocycles. The van der Waals surface area contributed by atoms with Gasteiger partial charge in [0.05, 0.1) is 18.0 Å². The zero-order chi connectivity index (χ0) is 19.6. The van der Waals surface area contributed by atoms with E-state index in [0.29, 0.717) is 15.9 Å². The number of halogens is 1. The van der Waals surface area contributed by atoms with Crippen molar-refractivity contribution in [1.29, 1.82) is 0 Å². The van der Waals surface area contributed by atoms with E-state index in [1.165, 1.54) is 25.3 Å². The highest BCUT2D eigenvalue weighted by Crippen LogP contribution is 2.45. The fraction of sp³-hybridized carbons (Fsp3) is 0.211. The van der Waals surface area contributed by atoms with Gasteiger partial charge in [-0.3, -0.25) is 18.4 Å². The molecule has 3 aromatic heterocycles. The summed E-state index contributed by atoms with van der Waals surface area (Å²) in [6, 6.07) is 4.41. The zero-order valence-electron chi connectivity index (χ0n) is 14.7. The molecular weight excluding hydrogens is 385 g/mol. The van der Waals surface area contributed by atoms with Gasteiger partial charge in [0.15, 0.2) is 17.3 Å². The Hall–Kier alpha value is -3.20. The first kappa shape index (κ1) is 16.9. The van der Waals surface area contributed by atoms with Gasteiger partial charge in [-0.25, -0.2) is 9.37 Å². The summed E-state index contributed by atoms with van der Waals surface area (Å²) in [5.74, 6) is -0.404. The second-order valence-electron chi connectivity index (χ2n) is 6.75. The Balaban J connectivity index is 1.88. The molecule has 0 saturated heterocycles. The van der Waals surface area contributed by atoms with Gasteiger partial charge in [-0.2, -0.15) is 0 Å². The van der Waals surface area contributed by atoms with Gasteiger partial charge in [-0.15, -0.1) is 0 Å². The quantitative estimate of drug-likeness (QED) is 0.552. The summed E-state index contributed by atoms with van der Waals surface area (Å²) in [7, 11) is 1.40. The third-order valence-electron chi connectivity index (χ3n) is 4.97. The molecule has 1 aromatic carbocycles. The highest BCUT2D eigenvalue weighted by atomic mass is 32.1. The number of hydrogen-bond donors (Lipinski definition) is 2. The van der Waals surface area contributed by atoms with E-state index >= 15 is 0 Å². The monoisotopic (exact) mass is 399 g/mol. The van der Waals surface area contributed by atoms with Crippen LogP contribution in [0.5, 0.6) is 11.5 Å². The van der Waals surface area contributed by atoms with Crippen molar-refractivity contribution < 1.29 is 14.2 Å². The molecule has 9 heteroatoms. The van der Waals surface area contributed by atoms with Crippen LogP contribution in [0, 0.1) is 5.82 Å². The van der Waals surface area contributed by atoms with Crippen molar-refractivity contribution in [2.45, 2.75) is 18.8 Å². The lowest BCUT2D eigenvalue weighted by Gasteiger charge is -2.12. The Morgan fingerprint density at radius 2 is 2.14 bits per heavy atom. The Morgan fingerprint density at radius 1 is 1.36 bits per heavy atom.